The molecule has 4 aromatic heterocycles. The van der Waals surface area contributed by atoms with E-state index in [4.69, 9.17) is 19.4 Å². The number of nitrogens with zero attached hydrogens (tertiary/aromatic N) is 5. The van der Waals surface area contributed by atoms with E-state index >= 15 is 0 Å². The first kappa shape index (κ1) is 37.3. The van der Waals surface area contributed by atoms with Gasteiger partial charge in [0.1, 0.15) is 11.2 Å². The zero-order valence-corrected chi connectivity index (χ0v) is 36.0. The summed E-state index contributed by atoms with van der Waals surface area (Å²) in [7, 11) is 0. The number of benzene rings is 10. The van der Waals surface area contributed by atoms with Crippen LogP contribution in [-0.4, -0.2) is 24.1 Å². The number of furan rings is 1. The monoisotopic (exact) mass is 855 g/mol. The summed E-state index contributed by atoms with van der Waals surface area (Å²) in [5.74, 6) is 1.69. The Bertz CT molecular complexity index is 4210. The molecule has 10 aromatic carbocycles. The Labute approximate surface area is 384 Å². The van der Waals surface area contributed by atoms with Crippen molar-refractivity contribution in [2.24, 2.45) is 0 Å². The third kappa shape index (κ3) is 5.86. The molecule has 6 heteroatoms. The van der Waals surface area contributed by atoms with E-state index in [2.05, 4.69) is 197 Å². The molecule has 0 saturated heterocycles. The van der Waals surface area contributed by atoms with Crippen LogP contribution >= 0.6 is 0 Å². The third-order valence-electron chi connectivity index (χ3n) is 13.3. The number of aromatic nitrogens is 5. The molecule has 0 saturated carbocycles. The van der Waals surface area contributed by atoms with Gasteiger partial charge in [-0.2, -0.15) is 9.97 Å². The van der Waals surface area contributed by atoms with Crippen LogP contribution in [0, 0.1) is 0 Å². The summed E-state index contributed by atoms with van der Waals surface area (Å²) in [6.07, 6.45) is 0. The number of para-hydroxylation sites is 2. The van der Waals surface area contributed by atoms with Crippen molar-refractivity contribution in [3.05, 3.63) is 224 Å². The van der Waals surface area contributed by atoms with E-state index in [1.54, 1.807) is 0 Å². The first-order valence-corrected chi connectivity index (χ1v) is 22.6. The van der Waals surface area contributed by atoms with E-state index in [9.17, 15) is 0 Å². The van der Waals surface area contributed by atoms with Gasteiger partial charge < -0.3 is 8.98 Å². The van der Waals surface area contributed by atoms with Gasteiger partial charge in [-0.25, -0.2) is 4.98 Å². The SMILES string of the molecule is c1ccc(-c2cc(-c3ccccc3)cc(-n3c4ccc5ccccc5c4c4c5c6ccccc6n(-c6nc(-c7ccccc7)nc(-c7ccc8c(c7)oc7ccccc78)n6)c5ccc43)c2)cc1. The third-order valence-corrected chi connectivity index (χ3v) is 13.3. The van der Waals surface area contributed by atoms with Crippen LogP contribution in [0.1, 0.15) is 0 Å². The lowest BCUT2D eigenvalue weighted by molar-refractivity contribution is 0.669. The van der Waals surface area contributed by atoms with Crippen molar-refractivity contribution in [2.45, 2.75) is 0 Å². The summed E-state index contributed by atoms with van der Waals surface area (Å²) < 4.78 is 11.1. The Balaban J connectivity index is 1.07. The number of rotatable bonds is 6. The maximum atomic E-state index is 6.37. The van der Waals surface area contributed by atoms with E-state index < -0.39 is 0 Å². The van der Waals surface area contributed by atoms with Crippen LogP contribution in [0.4, 0.5) is 0 Å². The van der Waals surface area contributed by atoms with Crippen LogP contribution in [0.25, 0.3) is 133 Å². The second kappa shape index (κ2) is 14.7. The fraction of sp³-hybridized carbons (Fsp3) is 0. The average molecular weight is 856 g/mol. The van der Waals surface area contributed by atoms with Gasteiger partial charge in [0.05, 0.1) is 22.1 Å². The van der Waals surface area contributed by atoms with Crippen molar-refractivity contribution in [3.63, 3.8) is 0 Å². The van der Waals surface area contributed by atoms with Gasteiger partial charge in [0.25, 0.3) is 0 Å². The molecule has 0 radical (unpaired) electrons. The Morgan fingerprint density at radius 2 is 0.836 bits per heavy atom. The van der Waals surface area contributed by atoms with E-state index in [-0.39, 0.29) is 0 Å². The number of hydrogen-bond acceptors (Lipinski definition) is 4. The second-order valence-electron chi connectivity index (χ2n) is 17.2. The van der Waals surface area contributed by atoms with Crippen molar-refractivity contribution in [2.75, 3.05) is 0 Å². The molecule has 0 aliphatic rings. The van der Waals surface area contributed by atoms with Crippen LogP contribution in [0.15, 0.2) is 229 Å². The average Bonchev–Trinajstić information content (AvgIpc) is 4.07. The Kier molecular flexibility index (Phi) is 8.18. The maximum Gasteiger partial charge on any atom is 0.238 e. The molecule has 0 aliphatic heterocycles. The highest BCUT2D eigenvalue weighted by atomic mass is 16.3. The molecule has 0 unspecified atom stereocenters. The van der Waals surface area contributed by atoms with Crippen molar-refractivity contribution >= 4 is 76.3 Å². The Hall–Kier alpha value is -9.13. The molecule has 4 heterocycles. The lowest BCUT2D eigenvalue weighted by atomic mass is 9.98. The molecule has 0 spiro atoms. The lowest BCUT2D eigenvalue weighted by Gasteiger charge is -2.14. The summed E-state index contributed by atoms with van der Waals surface area (Å²) >= 11 is 0. The molecule has 67 heavy (non-hydrogen) atoms. The zero-order chi connectivity index (χ0) is 44.0. The standard InChI is InChI=1S/C61H37N5O/c1-4-16-38(17-5-1)43-34-44(39-18-6-2-7-19-39)36-45(35-43)65-51-31-29-40-20-10-11-23-46(40)56(51)58-53(65)33-32-52-57(58)49-25-12-14-26-50(49)66(52)61-63-59(41-21-8-3-9-22-41)62-60(64-61)42-28-30-48-47-24-13-15-27-54(47)67-55(48)37-42/h1-37H. The van der Waals surface area contributed by atoms with Gasteiger partial charge >= 0.3 is 0 Å². The molecule has 0 bridgehead atoms. The van der Waals surface area contributed by atoms with E-state index in [0.717, 1.165) is 82.7 Å². The predicted molar refractivity (Wildman–Crippen MR) is 275 cm³/mol. The quantitative estimate of drug-likeness (QED) is 0.167. The fourth-order valence-corrected chi connectivity index (χ4v) is 10.3. The summed E-state index contributed by atoms with van der Waals surface area (Å²) in [6.45, 7) is 0. The molecule has 14 aromatic rings. The van der Waals surface area contributed by atoms with Crippen molar-refractivity contribution in [1.82, 2.24) is 24.1 Å². The van der Waals surface area contributed by atoms with Gasteiger partial charge in [0, 0.05) is 49.1 Å². The first-order chi connectivity index (χ1) is 33.2. The van der Waals surface area contributed by atoms with Gasteiger partial charge in [-0.15, -0.1) is 0 Å². The Morgan fingerprint density at radius 1 is 0.299 bits per heavy atom. The van der Waals surface area contributed by atoms with Gasteiger partial charge in [-0.1, -0.05) is 164 Å². The van der Waals surface area contributed by atoms with Crippen molar-refractivity contribution in [3.8, 4) is 56.7 Å². The summed E-state index contributed by atoms with van der Waals surface area (Å²) in [5, 5.41) is 9.16. The molecular formula is C61H37N5O. The molecule has 0 atom stereocenters. The number of fused-ring (bicyclic) bond motifs is 12. The van der Waals surface area contributed by atoms with Gasteiger partial charge in [-0.05, 0) is 93.7 Å². The van der Waals surface area contributed by atoms with E-state index in [1.165, 1.54) is 32.7 Å². The molecule has 14 rings (SSSR count). The minimum absolute atomic E-state index is 0.538. The molecule has 6 nitrogen and oxygen atoms in total. The molecule has 312 valence electrons. The summed E-state index contributed by atoms with van der Waals surface area (Å²) in [6, 6.07) is 79.4. The summed E-state index contributed by atoms with van der Waals surface area (Å²) in [4.78, 5) is 15.8. The van der Waals surface area contributed by atoms with Gasteiger partial charge in [0.2, 0.25) is 5.95 Å². The fourth-order valence-electron chi connectivity index (χ4n) is 10.3. The van der Waals surface area contributed by atoms with Crippen LogP contribution in [0.5, 0.6) is 0 Å². The molecule has 0 fully saturated rings. The lowest BCUT2D eigenvalue weighted by Crippen LogP contribution is -2.06. The number of hydrogen-bond donors (Lipinski definition) is 0. The van der Waals surface area contributed by atoms with Gasteiger partial charge in [-0.3, -0.25) is 4.57 Å². The van der Waals surface area contributed by atoms with Crippen molar-refractivity contribution in [1.29, 1.82) is 0 Å². The molecular weight excluding hydrogens is 819 g/mol. The second-order valence-corrected chi connectivity index (χ2v) is 17.2. The van der Waals surface area contributed by atoms with Crippen molar-refractivity contribution < 1.29 is 4.42 Å². The topological polar surface area (TPSA) is 61.7 Å². The molecule has 0 amide bonds. The zero-order valence-electron chi connectivity index (χ0n) is 36.0. The highest BCUT2D eigenvalue weighted by molar-refractivity contribution is 6.33. The highest BCUT2D eigenvalue weighted by Crippen LogP contribution is 2.45. The van der Waals surface area contributed by atoms with Gasteiger partial charge in [0.15, 0.2) is 11.6 Å². The smallest absolute Gasteiger partial charge is 0.238 e. The van der Waals surface area contributed by atoms with Crippen LogP contribution in [0.2, 0.25) is 0 Å². The normalized spacial score (nSPS) is 11.9. The summed E-state index contributed by atoms with van der Waals surface area (Å²) in [5.41, 5.74) is 13.4. The largest absolute Gasteiger partial charge is 0.456 e. The predicted octanol–water partition coefficient (Wildman–Crippen LogP) is 15.8. The maximum absolute atomic E-state index is 6.37. The first-order valence-electron chi connectivity index (χ1n) is 22.6. The Morgan fingerprint density at radius 3 is 1.57 bits per heavy atom. The van der Waals surface area contributed by atoms with Crippen LogP contribution < -0.4 is 0 Å². The van der Waals surface area contributed by atoms with E-state index in [1.807, 2.05) is 36.4 Å². The van der Waals surface area contributed by atoms with E-state index in [0.29, 0.717) is 17.6 Å². The molecule has 0 N–H and O–H groups in total. The highest BCUT2D eigenvalue weighted by Gasteiger charge is 2.24. The van der Waals surface area contributed by atoms with Crippen LogP contribution in [-0.2, 0) is 0 Å². The minimum atomic E-state index is 0.538. The molecule has 0 aliphatic carbocycles. The van der Waals surface area contributed by atoms with Crippen LogP contribution in [0.3, 0.4) is 0 Å². The minimum Gasteiger partial charge on any atom is -0.456 e.